The normalized spacial score (nSPS) is 16.5. The van der Waals surface area contributed by atoms with E-state index < -0.39 is 0 Å². The maximum absolute atomic E-state index is 13.4. The summed E-state index contributed by atoms with van der Waals surface area (Å²) < 4.78 is 11.5. The average Bonchev–Trinajstić information content (AvgIpc) is 3.20. The second-order valence-corrected chi connectivity index (χ2v) is 10.5. The summed E-state index contributed by atoms with van der Waals surface area (Å²) in [4.78, 5) is 20.6. The lowest BCUT2D eigenvalue weighted by atomic mass is 10.1. The Labute approximate surface area is 232 Å². The number of carbonyl (C=O) groups excluding carboxylic acids is 1. The van der Waals surface area contributed by atoms with Gasteiger partial charge >= 0.3 is 0 Å². The van der Waals surface area contributed by atoms with Crippen LogP contribution >= 0.6 is 35.0 Å². The summed E-state index contributed by atoms with van der Waals surface area (Å²) in [7, 11) is 1.59. The summed E-state index contributed by atoms with van der Waals surface area (Å²) in [5.74, 6) is 1.10. The summed E-state index contributed by atoms with van der Waals surface area (Å²) in [5.41, 5.74) is 3.70. The van der Waals surface area contributed by atoms with Crippen molar-refractivity contribution in [1.29, 1.82) is 0 Å². The molecule has 0 spiro atoms. The number of benzene rings is 3. The van der Waals surface area contributed by atoms with Gasteiger partial charge in [0.2, 0.25) is 0 Å². The molecule has 0 saturated carbocycles. The van der Waals surface area contributed by atoms with Gasteiger partial charge in [0, 0.05) is 6.04 Å². The van der Waals surface area contributed by atoms with Crippen molar-refractivity contribution in [2.45, 2.75) is 39.8 Å². The summed E-state index contributed by atoms with van der Waals surface area (Å²) in [6.45, 7) is 6.45. The molecule has 1 aliphatic heterocycles. The number of thioether (sulfide) groups is 1. The van der Waals surface area contributed by atoms with Gasteiger partial charge in [-0.25, -0.2) is 4.99 Å². The third-order valence-electron chi connectivity index (χ3n) is 5.99. The number of ether oxygens (including phenoxy) is 2. The first kappa shape index (κ1) is 27.1. The Morgan fingerprint density at radius 1 is 1.03 bits per heavy atom. The number of aliphatic imine (C=N–C) groups is 1. The maximum atomic E-state index is 13.4. The van der Waals surface area contributed by atoms with Crippen molar-refractivity contribution < 1.29 is 14.3 Å². The SMILES string of the molecule is CC[C@@H](C)N1C(=O)/C(=C\c2ccc(OCc3ccc(Cl)c(Cl)c3)c(OC)c2)SC1=Nc1ccc(C)cc1. The summed E-state index contributed by atoms with van der Waals surface area (Å²) >= 11 is 13.5. The third kappa shape index (κ3) is 6.50. The molecule has 37 heavy (non-hydrogen) atoms. The Bertz CT molecular complexity index is 1360. The van der Waals surface area contributed by atoms with Gasteiger partial charge in [0.05, 0.1) is 27.7 Å². The molecule has 5 nitrogen and oxygen atoms in total. The number of hydrogen-bond donors (Lipinski definition) is 0. The van der Waals surface area contributed by atoms with E-state index in [9.17, 15) is 4.79 Å². The van der Waals surface area contributed by atoms with E-state index in [1.165, 1.54) is 11.8 Å². The first-order valence-electron chi connectivity index (χ1n) is 11.9. The largest absolute Gasteiger partial charge is 0.493 e. The lowest BCUT2D eigenvalue weighted by Crippen LogP contribution is -2.36. The number of aryl methyl sites for hydroxylation is 1. The van der Waals surface area contributed by atoms with Crippen LogP contribution in [-0.4, -0.2) is 29.1 Å². The number of rotatable bonds is 8. The van der Waals surface area contributed by atoms with Crippen molar-refractivity contribution in [3.8, 4) is 11.5 Å². The van der Waals surface area contributed by atoms with Gasteiger partial charge in [0.25, 0.3) is 5.91 Å². The molecule has 3 aromatic rings. The van der Waals surface area contributed by atoms with E-state index in [0.717, 1.165) is 28.8 Å². The highest BCUT2D eigenvalue weighted by Gasteiger charge is 2.36. The maximum Gasteiger partial charge on any atom is 0.266 e. The van der Waals surface area contributed by atoms with Gasteiger partial charge in [-0.3, -0.25) is 9.69 Å². The first-order chi connectivity index (χ1) is 17.8. The Balaban J connectivity index is 1.57. The molecule has 1 saturated heterocycles. The topological polar surface area (TPSA) is 51.1 Å². The van der Waals surface area contributed by atoms with Crippen molar-refractivity contribution in [2.75, 3.05) is 7.11 Å². The lowest BCUT2D eigenvalue weighted by molar-refractivity contribution is -0.123. The monoisotopic (exact) mass is 554 g/mol. The summed E-state index contributed by atoms with van der Waals surface area (Å²) in [6, 6.07) is 19.0. The third-order valence-corrected chi connectivity index (χ3v) is 7.71. The van der Waals surface area contributed by atoms with E-state index in [1.807, 2.05) is 68.5 Å². The Hall–Kier alpha value is -2.93. The van der Waals surface area contributed by atoms with Crippen LogP contribution in [0.15, 0.2) is 70.6 Å². The molecule has 1 fully saturated rings. The number of nitrogens with zero attached hydrogens (tertiary/aromatic N) is 2. The van der Waals surface area contributed by atoms with Crippen LogP contribution in [0.1, 0.15) is 37.0 Å². The molecule has 3 aromatic carbocycles. The molecule has 0 bridgehead atoms. The molecule has 0 radical (unpaired) electrons. The quantitative estimate of drug-likeness (QED) is 0.263. The average molecular weight is 556 g/mol. The molecular weight excluding hydrogens is 527 g/mol. The van der Waals surface area contributed by atoms with Crippen LogP contribution in [0.5, 0.6) is 11.5 Å². The molecule has 0 aliphatic carbocycles. The van der Waals surface area contributed by atoms with Crippen molar-refractivity contribution in [3.05, 3.63) is 92.3 Å². The molecule has 8 heteroatoms. The molecule has 1 atom stereocenters. The summed E-state index contributed by atoms with van der Waals surface area (Å²) in [6.07, 6.45) is 2.69. The number of hydrogen-bond acceptors (Lipinski definition) is 5. The van der Waals surface area contributed by atoms with Gasteiger partial charge in [0.1, 0.15) is 6.61 Å². The number of carbonyl (C=O) groups is 1. The standard InChI is InChI=1S/C29H28Cl2N2O3S/c1-5-19(3)33-28(34)27(37-29(33)32-22-10-6-18(2)7-11-22)16-20-9-13-25(26(15-20)35-4)36-17-21-8-12-23(30)24(31)14-21/h6-16,19H,5,17H2,1-4H3/b27-16+,32-29?/t19-/m1/s1. The molecule has 0 aromatic heterocycles. The Kier molecular flexibility index (Phi) is 8.85. The number of amides is 1. The smallest absolute Gasteiger partial charge is 0.266 e. The van der Waals surface area contributed by atoms with Crippen LogP contribution in [-0.2, 0) is 11.4 Å². The molecule has 4 rings (SSSR count). The van der Waals surface area contributed by atoms with Crippen LogP contribution in [0.25, 0.3) is 6.08 Å². The van der Waals surface area contributed by atoms with Crippen molar-refractivity contribution in [3.63, 3.8) is 0 Å². The fourth-order valence-corrected chi connectivity index (χ4v) is 5.11. The van der Waals surface area contributed by atoms with Crippen LogP contribution < -0.4 is 9.47 Å². The van der Waals surface area contributed by atoms with Gasteiger partial charge < -0.3 is 9.47 Å². The molecule has 192 valence electrons. The highest BCUT2D eigenvalue weighted by atomic mass is 35.5. The minimum absolute atomic E-state index is 0.0294. The van der Waals surface area contributed by atoms with Gasteiger partial charge in [0.15, 0.2) is 16.7 Å². The zero-order chi connectivity index (χ0) is 26.5. The number of halogens is 2. The lowest BCUT2D eigenvalue weighted by Gasteiger charge is -2.22. The van der Waals surface area contributed by atoms with Gasteiger partial charge in [-0.1, -0.05) is 60.0 Å². The van der Waals surface area contributed by atoms with Gasteiger partial charge in [-0.05, 0) is 85.6 Å². The predicted octanol–water partition coefficient (Wildman–Crippen LogP) is 8.29. The molecule has 0 N–H and O–H groups in total. The van der Waals surface area contributed by atoms with Gasteiger partial charge in [-0.15, -0.1) is 0 Å². The first-order valence-corrected chi connectivity index (χ1v) is 13.5. The van der Waals surface area contributed by atoms with Crippen LogP contribution in [0.2, 0.25) is 10.0 Å². The van der Waals surface area contributed by atoms with E-state index in [1.54, 1.807) is 24.1 Å². The molecular formula is C29H28Cl2N2O3S. The second-order valence-electron chi connectivity index (χ2n) is 8.72. The number of methoxy groups -OCH3 is 1. The minimum atomic E-state index is -0.0517. The van der Waals surface area contributed by atoms with E-state index >= 15 is 0 Å². The number of amidine groups is 1. The predicted molar refractivity (Wildman–Crippen MR) is 154 cm³/mol. The van der Waals surface area contributed by atoms with Gasteiger partial charge in [-0.2, -0.15) is 0 Å². The van der Waals surface area contributed by atoms with E-state index in [0.29, 0.717) is 38.2 Å². The van der Waals surface area contributed by atoms with E-state index in [-0.39, 0.29) is 11.9 Å². The van der Waals surface area contributed by atoms with E-state index in [2.05, 4.69) is 6.92 Å². The molecule has 1 amide bonds. The molecule has 1 aliphatic rings. The minimum Gasteiger partial charge on any atom is -0.493 e. The molecule has 0 unspecified atom stereocenters. The van der Waals surface area contributed by atoms with E-state index in [4.69, 9.17) is 37.7 Å². The highest BCUT2D eigenvalue weighted by Crippen LogP contribution is 2.37. The fourth-order valence-electron chi connectivity index (χ4n) is 3.70. The van der Waals surface area contributed by atoms with Crippen molar-refractivity contribution >= 4 is 57.8 Å². The Morgan fingerprint density at radius 2 is 1.78 bits per heavy atom. The van der Waals surface area contributed by atoms with Crippen LogP contribution in [0, 0.1) is 6.92 Å². The van der Waals surface area contributed by atoms with Crippen molar-refractivity contribution in [1.82, 2.24) is 4.90 Å². The highest BCUT2D eigenvalue weighted by molar-refractivity contribution is 8.18. The molecule has 1 heterocycles. The Morgan fingerprint density at radius 3 is 2.46 bits per heavy atom. The van der Waals surface area contributed by atoms with Crippen LogP contribution in [0.3, 0.4) is 0 Å². The van der Waals surface area contributed by atoms with Crippen molar-refractivity contribution in [2.24, 2.45) is 4.99 Å². The zero-order valence-corrected chi connectivity index (χ0v) is 23.5. The van der Waals surface area contributed by atoms with Crippen LogP contribution in [0.4, 0.5) is 5.69 Å². The fraction of sp³-hybridized carbons (Fsp3) is 0.241. The zero-order valence-electron chi connectivity index (χ0n) is 21.1. The second kappa shape index (κ2) is 12.1. The summed E-state index contributed by atoms with van der Waals surface area (Å²) in [5, 5.41) is 1.66.